The van der Waals surface area contributed by atoms with Crippen LogP contribution in [-0.4, -0.2) is 34.5 Å². The lowest BCUT2D eigenvalue weighted by Gasteiger charge is -2.43. The van der Waals surface area contributed by atoms with Crippen LogP contribution in [0.5, 0.6) is 0 Å². The number of ether oxygens (including phenoxy) is 1. The van der Waals surface area contributed by atoms with Gasteiger partial charge < -0.3 is 9.64 Å². The minimum Gasteiger partial charge on any atom is -0.382 e. The predicted molar refractivity (Wildman–Crippen MR) is 159 cm³/mol. The lowest BCUT2D eigenvalue weighted by molar-refractivity contribution is 0.0336. The van der Waals surface area contributed by atoms with E-state index in [1.165, 1.54) is 16.7 Å². The van der Waals surface area contributed by atoms with Crippen LogP contribution in [0.1, 0.15) is 70.0 Å². The van der Waals surface area contributed by atoms with Crippen LogP contribution in [0.15, 0.2) is 83.8 Å². The summed E-state index contributed by atoms with van der Waals surface area (Å²) in [5.74, 6) is 0.543. The summed E-state index contributed by atoms with van der Waals surface area (Å²) in [6.07, 6.45) is 2.59. The highest BCUT2D eigenvalue weighted by Gasteiger charge is 2.40. The van der Waals surface area contributed by atoms with Crippen molar-refractivity contribution in [2.24, 2.45) is 0 Å². The molecule has 0 aromatic heterocycles. The Morgan fingerprint density at radius 1 is 0.949 bits per heavy atom. The first kappa shape index (κ1) is 27.3. The van der Waals surface area contributed by atoms with Gasteiger partial charge in [-0.15, -0.1) is 0 Å². The van der Waals surface area contributed by atoms with Crippen LogP contribution in [0, 0.1) is 13.8 Å². The quantitative estimate of drug-likeness (QED) is 0.234. The molecule has 2 aliphatic carbocycles. The molecule has 2 aromatic carbocycles. The number of nitrogens with zero attached hydrogens (tertiary/aromatic N) is 1. The molecule has 2 aromatic rings. The highest BCUT2D eigenvalue weighted by molar-refractivity contribution is 7.85. The molecular formula is C34H37NO3S. The van der Waals surface area contributed by atoms with Gasteiger partial charge in [0.05, 0.1) is 29.5 Å². The molecule has 3 atom stereocenters. The van der Waals surface area contributed by atoms with Crippen molar-refractivity contribution in [3.8, 4) is 11.1 Å². The molecule has 0 bridgehead atoms. The SMILES string of the molecule is CCCCS(=O)c1cc(C(=O)N2C(COC)c3ccccc3C[C@H]2c2cc(C)cc(C)c2)c2cccccc1-2. The van der Waals surface area contributed by atoms with Crippen molar-refractivity contribution in [2.75, 3.05) is 19.5 Å². The minimum absolute atomic E-state index is 0.0503. The van der Waals surface area contributed by atoms with Crippen LogP contribution in [0.2, 0.25) is 0 Å². The second-order valence-electron chi connectivity index (χ2n) is 10.6. The summed E-state index contributed by atoms with van der Waals surface area (Å²) in [7, 11) is 0.518. The molecule has 1 heterocycles. The van der Waals surface area contributed by atoms with Gasteiger partial charge in [0.25, 0.3) is 5.91 Å². The van der Waals surface area contributed by atoms with E-state index in [2.05, 4.69) is 57.2 Å². The molecule has 1 amide bonds. The summed E-state index contributed by atoms with van der Waals surface area (Å²) < 4.78 is 19.1. The van der Waals surface area contributed by atoms with E-state index in [9.17, 15) is 9.00 Å². The maximum Gasteiger partial charge on any atom is 0.255 e. The number of fused-ring (bicyclic) bond motifs is 2. The summed E-state index contributed by atoms with van der Waals surface area (Å²) in [6, 6.07) is 26.3. The van der Waals surface area contributed by atoms with Gasteiger partial charge in [0.15, 0.2) is 0 Å². The van der Waals surface area contributed by atoms with Gasteiger partial charge in [0.1, 0.15) is 0 Å². The Kier molecular flexibility index (Phi) is 8.29. The zero-order valence-corrected chi connectivity index (χ0v) is 24.1. The van der Waals surface area contributed by atoms with Crippen molar-refractivity contribution >= 4 is 16.7 Å². The zero-order chi connectivity index (χ0) is 27.5. The van der Waals surface area contributed by atoms with E-state index in [-0.39, 0.29) is 18.0 Å². The number of amides is 1. The molecule has 39 heavy (non-hydrogen) atoms. The van der Waals surface area contributed by atoms with E-state index in [1.54, 1.807) is 7.11 Å². The van der Waals surface area contributed by atoms with Gasteiger partial charge in [-0.25, -0.2) is 0 Å². The fourth-order valence-corrected chi connectivity index (χ4v) is 7.43. The number of hydrogen-bond donors (Lipinski definition) is 0. The van der Waals surface area contributed by atoms with Crippen LogP contribution in [0.4, 0.5) is 0 Å². The summed E-state index contributed by atoms with van der Waals surface area (Å²) in [6.45, 7) is 6.71. The molecule has 4 nitrogen and oxygen atoms in total. The zero-order valence-electron chi connectivity index (χ0n) is 23.3. The normalized spacial score (nSPS) is 17.7. The summed E-state index contributed by atoms with van der Waals surface area (Å²) in [4.78, 5) is 17.6. The van der Waals surface area contributed by atoms with Gasteiger partial charge in [-0.05, 0) is 60.6 Å². The van der Waals surface area contributed by atoms with Crippen molar-refractivity contribution in [1.82, 2.24) is 4.90 Å². The minimum atomic E-state index is -1.17. The summed E-state index contributed by atoms with van der Waals surface area (Å²) in [5.41, 5.74) is 8.20. The van der Waals surface area contributed by atoms with Crippen molar-refractivity contribution in [3.05, 3.63) is 112 Å². The standard InChI is InChI=1S/C34H37NO3S/c1-5-6-16-39(37)33-21-30(28-14-8-7-9-15-29(28)33)34(36)35-31(26-18-23(2)17-24(3)19-26)20-25-12-10-11-13-27(25)32(35)22-38-4/h7-15,17-19,21,31-32H,5-6,16,20,22H2,1-4H3/t31-,32?,39?/m0/s1. The molecule has 0 radical (unpaired) electrons. The first-order valence-electron chi connectivity index (χ1n) is 13.8. The Balaban J connectivity index is 1.68. The van der Waals surface area contributed by atoms with Crippen molar-refractivity contribution in [3.63, 3.8) is 0 Å². The lowest BCUT2D eigenvalue weighted by Crippen LogP contribution is -2.44. The fraction of sp³-hybridized carbons (Fsp3) is 0.324. The first-order chi connectivity index (χ1) is 18.9. The number of carbonyl (C=O) groups is 1. The Morgan fingerprint density at radius 3 is 2.36 bits per heavy atom. The van der Waals surface area contributed by atoms with Gasteiger partial charge in [-0.1, -0.05) is 97.3 Å². The maximum absolute atomic E-state index is 14.8. The molecule has 1 aliphatic heterocycles. The van der Waals surface area contributed by atoms with Crippen LogP contribution < -0.4 is 0 Å². The molecule has 0 saturated heterocycles. The molecule has 2 unspecified atom stereocenters. The van der Waals surface area contributed by atoms with E-state index in [0.29, 0.717) is 17.9 Å². The highest BCUT2D eigenvalue weighted by Crippen LogP contribution is 2.44. The van der Waals surface area contributed by atoms with Gasteiger partial charge in [0.2, 0.25) is 0 Å². The molecule has 3 aliphatic rings. The number of unbranched alkanes of at least 4 members (excludes halogenated alkanes) is 1. The van der Waals surface area contributed by atoms with Crippen molar-refractivity contribution in [2.45, 2.75) is 57.0 Å². The average Bonchev–Trinajstić information content (AvgIpc) is 3.11. The van der Waals surface area contributed by atoms with E-state index in [1.807, 2.05) is 47.4 Å². The fourth-order valence-electron chi connectivity index (χ4n) is 5.98. The number of carbonyl (C=O) groups excluding carboxylic acids is 1. The third-order valence-corrected chi connectivity index (χ3v) is 9.20. The van der Waals surface area contributed by atoms with Crippen molar-refractivity contribution in [1.29, 1.82) is 0 Å². The number of aryl methyl sites for hydroxylation is 2. The molecule has 0 spiro atoms. The number of rotatable bonds is 8. The Morgan fingerprint density at radius 2 is 1.64 bits per heavy atom. The molecule has 5 rings (SSSR count). The summed E-state index contributed by atoms with van der Waals surface area (Å²) >= 11 is 0. The smallest absolute Gasteiger partial charge is 0.255 e. The van der Waals surface area contributed by atoms with Crippen LogP contribution in [0.25, 0.3) is 11.1 Å². The molecule has 0 saturated carbocycles. The van der Waals surface area contributed by atoms with Crippen LogP contribution in [-0.2, 0) is 22.0 Å². The highest BCUT2D eigenvalue weighted by atomic mass is 32.2. The van der Waals surface area contributed by atoms with Gasteiger partial charge >= 0.3 is 0 Å². The Hall–Kier alpha value is -3.28. The van der Waals surface area contributed by atoms with E-state index >= 15 is 0 Å². The van der Waals surface area contributed by atoms with Gasteiger partial charge in [-0.3, -0.25) is 9.00 Å². The number of benzene rings is 2. The van der Waals surface area contributed by atoms with Crippen LogP contribution >= 0.6 is 0 Å². The molecule has 0 fully saturated rings. The average molecular weight is 540 g/mol. The van der Waals surface area contributed by atoms with E-state index < -0.39 is 10.8 Å². The number of methoxy groups -OCH3 is 1. The summed E-state index contributed by atoms with van der Waals surface area (Å²) in [5, 5.41) is 0. The topological polar surface area (TPSA) is 46.6 Å². The Bertz CT molecular complexity index is 1460. The van der Waals surface area contributed by atoms with Gasteiger partial charge in [0, 0.05) is 23.3 Å². The maximum atomic E-state index is 14.8. The third-order valence-electron chi connectivity index (χ3n) is 7.71. The van der Waals surface area contributed by atoms with E-state index in [0.717, 1.165) is 46.4 Å². The molecule has 5 heteroatoms. The second kappa shape index (κ2) is 11.8. The van der Waals surface area contributed by atoms with Gasteiger partial charge in [-0.2, -0.15) is 0 Å². The predicted octanol–water partition coefficient (Wildman–Crippen LogP) is 7.44. The van der Waals surface area contributed by atoms with E-state index in [4.69, 9.17) is 4.74 Å². The third kappa shape index (κ3) is 5.43. The largest absolute Gasteiger partial charge is 0.382 e. The van der Waals surface area contributed by atoms with Crippen LogP contribution in [0.3, 0.4) is 0 Å². The molecule has 0 N–H and O–H groups in total. The van der Waals surface area contributed by atoms with Crippen molar-refractivity contribution < 1.29 is 13.7 Å². The molecule has 202 valence electrons. The number of hydrogen-bond acceptors (Lipinski definition) is 3. The molecular weight excluding hydrogens is 502 g/mol. The Labute approximate surface area is 234 Å². The second-order valence-corrected chi connectivity index (χ2v) is 12.1. The first-order valence-corrected chi connectivity index (χ1v) is 15.1. The lowest BCUT2D eigenvalue weighted by atomic mass is 9.84. The monoisotopic (exact) mass is 539 g/mol.